The third-order valence-corrected chi connectivity index (χ3v) is 5.20. The Kier molecular flexibility index (Phi) is 3.61. The summed E-state index contributed by atoms with van der Waals surface area (Å²) in [5.41, 5.74) is 1.77. The van der Waals surface area contributed by atoms with Crippen LogP contribution in [0.3, 0.4) is 0 Å². The highest BCUT2D eigenvalue weighted by Gasteiger charge is 2.19. The van der Waals surface area contributed by atoms with E-state index >= 15 is 0 Å². The van der Waals surface area contributed by atoms with Crippen LogP contribution in [-0.2, 0) is 0 Å². The largest absolute Gasteiger partial charge is 0.493 e. The standard InChI is InChI=1S/C18H14N4O4S/c1-23-12-5-3-10(7-14(12)24-2)16-19-20-18-22(16)21-17(27-18)11-4-6-13-15(8-11)26-9-25-13/h3-8H,9H2,1-2H3. The molecule has 0 amide bonds. The molecule has 0 N–H and O–H groups in total. The molecule has 5 rings (SSSR count). The van der Waals surface area contributed by atoms with Gasteiger partial charge in [-0.15, -0.1) is 10.2 Å². The molecule has 0 fully saturated rings. The molecule has 9 heteroatoms. The normalized spacial score (nSPS) is 12.5. The van der Waals surface area contributed by atoms with E-state index in [-0.39, 0.29) is 6.79 Å². The highest BCUT2D eigenvalue weighted by molar-refractivity contribution is 7.19. The van der Waals surface area contributed by atoms with Gasteiger partial charge in [-0.25, -0.2) is 0 Å². The van der Waals surface area contributed by atoms with Gasteiger partial charge in [0.15, 0.2) is 28.8 Å². The van der Waals surface area contributed by atoms with Crippen molar-refractivity contribution in [3.05, 3.63) is 36.4 Å². The molecule has 8 nitrogen and oxygen atoms in total. The van der Waals surface area contributed by atoms with Gasteiger partial charge < -0.3 is 18.9 Å². The van der Waals surface area contributed by atoms with Crippen molar-refractivity contribution in [1.82, 2.24) is 19.8 Å². The second kappa shape index (κ2) is 6.13. The Morgan fingerprint density at radius 2 is 1.74 bits per heavy atom. The van der Waals surface area contributed by atoms with E-state index in [9.17, 15) is 0 Å². The first-order valence-corrected chi connectivity index (χ1v) is 8.93. The van der Waals surface area contributed by atoms with Gasteiger partial charge in [0.1, 0.15) is 5.01 Å². The summed E-state index contributed by atoms with van der Waals surface area (Å²) in [6.45, 7) is 0.243. The van der Waals surface area contributed by atoms with Crippen LogP contribution in [0.1, 0.15) is 0 Å². The van der Waals surface area contributed by atoms with Crippen molar-refractivity contribution in [2.45, 2.75) is 0 Å². The Labute approximate surface area is 157 Å². The minimum Gasteiger partial charge on any atom is -0.493 e. The van der Waals surface area contributed by atoms with Crippen LogP contribution < -0.4 is 18.9 Å². The molecule has 0 unspecified atom stereocenters. The van der Waals surface area contributed by atoms with E-state index in [1.165, 1.54) is 11.3 Å². The molecule has 0 saturated heterocycles. The topological polar surface area (TPSA) is 80.0 Å². The number of aromatic nitrogens is 4. The molecule has 1 aliphatic heterocycles. The predicted molar refractivity (Wildman–Crippen MR) is 98.8 cm³/mol. The molecule has 0 aliphatic carbocycles. The van der Waals surface area contributed by atoms with Crippen LogP contribution >= 0.6 is 11.3 Å². The van der Waals surface area contributed by atoms with Crippen LogP contribution in [0, 0.1) is 0 Å². The fourth-order valence-electron chi connectivity index (χ4n) is 2.92. The Balaban J connectivity index is 1.58. The minimum atomic E-state index is 0.243. The van der Waals surface area contributed by atoms with Gasteiger partial charge in [0.2, 0.25) is 11.8 Å². The summed E-state index contributed by atoms with van der Waals surface area (Å²) in [6, 6.07) is 11.3. The molecule has 2 aromatic carbocycles. The van der Waals surface area contributed by atoms with Crippen LogP contribution in [0.5, 0.6) is 23.0 Å². The Morgan fingerprint density at radius 1 is 0.926 bits per heavy atom. The fraction of sp³-hybridized carbons (Fsp3) is 0.167. The summed E-state index contributed by atoms with van der Waals surface area (Å²) < 4.78 is 23.2. The van der Waals surface area contributed by atoms with Crippen molar-refractivity contribution in [1.29, 1.82) is 0 Å². The number of hydrogen-bond donors (Lipinski definition) is 0. The molecule has 27 heavy (non-hydrogen) atoms. The minimum absolute atomic E-state index is 0.243. The second-order valence-corrected chi connectivity index (χ2v) is 6.72. The van der Waals surface area contributed by atoms with E-state index < -0.39 is 0 Å². The van der Waals surface area contributed by atoms with Crippen molar-refractivity contribution >= 4 is 16.3 Å². The monoisotopic (exact) mass is 382 g/mol. The maximum absolute atomic E-state index is 5.45. The summed E-state index contributed by atoms with van der Waals surface area (Å²) in [5, 5.41) is 14.0. The second-order valence-electron chi connectivity index (χ2n) is 5.76. The van der Waals surface area contributed by atoms with Crippen molar-refractivity contribution in [2.24, 2.45) is 0 Å². The van der Waals surface area contributed by atoms with Crippen molar-refractivity contribution in [3.63, 3.8) is 0 Å². The number of rotatable bonds is 4. The predicted octanol–water partition coefficient (Wildman–Crippen LogP) is 3.27. The zero-order valence-corrected chi connectivity index (χ0v) is 15.3. The average molecular weight is 382 g/mol. The fourth-order valence-corrected chi connectivity index (χ4v) is 3.75. The number of nitrogens with zero attached hydrogens (tertiary/aromatic N) is 4. The number of methoxy groups -OCH3 is 2. The van der Waals surface area contributed by atoms with E-state index in [4.69, 9.17) is 18.9 Å². The Hall–Kier alpha value is -3.33. The molecular weight excluding hydrogens is 368 g/mol. The average Bonchev–Trinajstić information content (AvgIpc) is 3.41. The lowest BCUT2D eigenvalue weighted by atomic mass is 10.2. The third kappa shape index (κ3) is 2.55. The SMILES string of the molecule is COc1ccc(-c2nnc3sc(-c4ccc5c(c4)OCO5)nn23)cc1OC. The molecule has 0 bridgehead atoms. The summed E-state index contributed by atoms with van der Waals surface area (Å²) in [7, 11) is 3.20. The molecule has 136 valence electrons. The van der Waals surface area contributed by atoms with Crippen molar-refractivity contribution < 1.29 is 18.9 Å². The van der Waals surface area contributed by atoms with Gasteiger partial charge in [-0.1, -0.05) is 11.3 Å². The lowest BCUT2D eigenvalue weighted by Gasteiger charge is -2.08. The summed E-state index contributed by atoms with van der Waals surface area (Å²) in [5.74, 6) is 3.37. The first-order valence-electron chi connectivity index (χ1n) is 8.11. The highest BCUT2D eigenvalue weighted by Crippen LogP contribution is 2.38. The molecule has 0 spiro atoms. The Bertz CT molecular complexity index is 1150. The van der Waals surface area contributed by atoms with Crippen LogP contribution in [-0.4, -0.2) is 40.8 Å². The van der Waals surface area contributed by atoms with Gasteiger partial charge in [0.05, 0.1) is 14.2 Å². The number of ether oxygens (including phenoxy) is 4. The highest BCUT2D eigenvalue weighted by atomic mass is 32.1. The van der Waals surface area contributed by atoms with Crippen LogP contribution in [0.2, 0.25) is 0 Å². The summed E-state index contributed by atoms with van der Waals surface area (Å²) in [6.07, 6.45) is 0. The zero-order valence-electron chi connectivity index (χ0n) is 14.5. The van der Waals surface area contributed by atoms with Crippen molar-refractivity contribution in [2.75, 3.05) is 21.0 Å². The van der Waals surface area contributed by atoms with Crippen LogP contribution in [0.4, 0.5) is 0 Å². The number of hydrogen-bond acceptors (Lipinski definition) is 8. The Morgan fingerprint density at radius 3 is 2.59 bits per heavy atom. The molecule has 0 radical (unpaired) electrons. The smallest absolute Gasteiger partial charge is 0.235 e. The van der Waals surface area contributed by atoms with Gasteiger partial charge in [-0.05, 0) is 36.4 Å². The number of fused-ring (bicyclic) bond motifs is 2. The summed E-state index contributed by atoms with van der Waals surface area (Å²) >= 11 is 1.45. The van der Waals surface area contributed by atoms with Gasteiger partial charge in [-0.2, -0.15) is 9.61 Å². The van der Waals surface area contributed by atoms with Crippen LogP contribution in [0.15, 0.2) is 36.4 Å². The first kappa shape index (κ1) is 15.9. The van der Waals surface area contributed by atoms with E-state index in [1.54, 1.807) is 18.7 Å². The van der Waals surface area contributed by atoms with Gasteiger partial charge in [-0.3, -0.25) is 0 Å². The quantitative estimate of drug-likeness (QED) is 0.536. The molecule has 3 heterocycles. The molecule has 4 aromatic rings. The molecule has 2 aromatic heterocycles. The van der Waals surface area contributed by atoms with Gasteiger partial charge in [0, 0.05) is 11.1 Å². The molecule has 0 atom stereocenters. The maximum Gasteiger partial charge on any atom is 0.235 e. The van der Waals surface area contributed by atoms with E-state index in [0.29, 0.717) is 22.3 Å². The van der Waals surface area contributed by atoms with E-state index in [1.807, 2.05) is 36.4 Å². The van der Waals surface area contributed by atoms with Gasteiger partial charge >= 0.3 is 0 Å². The van der Waals surface area contributed by atoms with Gasteiger partial charge in [0.25, 0.3) is 0 Å². The zero-order chi connectivity index (χ0) is 18.4. The van der Waals surface area contributed by atoms with Crippen molar-refractivity contribution in [3.8, 4) is 45.0 Å². The van der Waals surface area contributed by atoms with E-state index in [0.717, 1.165) is 27.6 Å². The maximum atomic E-state index is 5.45. The van der Waals surface area contributed by atoms with E-state index in [2.05, 4.69) is 15.3 Å². The molecule has 1 aliphatic rings. The third-order valence-electron chi connectivity index (χ3n) is 4.25. The molecule has 0 saturated carbocycles. The number of benzene rings is 2. The van der Waals surface area contributed by atoms with Crippen LogP contribution in [0.25, 0.3) is 26.9 Å². The molecular formula is C18H14N4O4S. The first-order chi connectivity index (χ1) is 13.3. The lowest BCUT2D eigenvalue weighted by Crippen LogP contribution is -1.94. The summed E-state index contributed by atoms with van der Waals surface area (Å²) in [4.78, 5) is 0.701. The lowest BCUT2D eigenvalue weighted by molar-refractivity contribution is 0.174.